The number of aliphatic hydroxyl groups is 1. The highest BCUT2D eigenvalue weighted by Crippen LogP contribution is 2.53. The largest absolute Gasteiger partial charge is 0.384 e. The molecule has 16 heavy (non-hydrogen) atoms. The van der Waals surface area contributed by atoms with Crippen LogP contribution in [-0.2, 0) is 5.60 Å². The second-order valence-electron chi connectivity index (χ2n) is 5.20. The fraction of sp³-hybridized carbons (Fsp3) is 0.538. The van der Waals surface area contributed by atoms with Gasteiger partial charge >= 0.3 is 0 Å². The Bertz CT molecular complexity index is 416. The van der Waals surface area contributed by atoms with E-state index in [9.17, 15) is 9.50 Å². The Morgan fingerprint density at radius 3 is 2.56 bits per heavy atom. The molecule has 0 bridgehead atoms. The van der Waals surface area contributed by atoms with Gasteiger partial charge in [-0.05, 0) is 46.7 Å². The van der Waals surface area contributed by atoms with E-state index in [1.54, 1.807) is 18.2 Å². The molecule has 1 unspecified atom stereocenters. The van der Waals surface area contributed by atoms with Crippen molar-refractivity contribution in [3.8, 4) is 0 Å². The molecule has 2 rings (SSSR count). The first-order chi connectivity index (χ1) is 7.38. The maximum absolute atomic E-state index is 14.0. The summed E-state index contributed by atoms with van der Waals surface area (Å²) in [7, 11) is 0. The van der Waals surface area contributed by atoms with Crippen molar-refractivity contribution in [2.45, 2.75) is 38.7 Å². The van der Waals surface area contributed by atoms with Gasteiger partial charge in [0.1, 0.15) is 5.82 Å². The lowest BCUT2D eigenvalue weighted by molar-refractivity contribution is -0.0513. The molecule has 1 aromatic carbocycles. The van der Waals surface area contributed by atoms with E-state index in [0.717, 1.165) is 12.8 Å². The summed E-state index contributed by atoms with van der Waals surface area (Å²) in [5.41, 5.74) is -0.889. The van der Waals surface area contributed by atoms with Gasteiger partial charge in [-0.15, -0.1) is 0 Å². The molecule has 1 aromatic rings. The third-order valence-corrected chi connectivity index (χ3v) is 4.47. The Morgan fingerprint density at radius 1 is 1.31 bits per heavy atom. The Balaban J connectivity index is 2.55. The maximum atomic E-state index is 14.0. The summed E-state index contributed by atoms with van der Waals surface area (Å²) in [6, 6.07) is 5.12. The van der Waals surface area contributed by atoms with E-state index in [1.165, 1.54) is 0 Å². The molecule has 0 saturated heterocycles. The van der Waals surface area contributed by atoms with Crippen molar-refractivity contribution in [3.05, 3.63) is 34.1 Å². The summed E-state index contributed by atoms with van der Waals surface area (Å²) >= 11 is 3.17. The van der Waals surface area contributed by atoms with Crippen molar-refractivity contribution >= 4 is 15.9 Å². The number of rotatable bonds is 1. The molecule has 3 heteroatoms. The summed E-state index contributed by atoms with van der Waals surface area (Å²) in [5, 5.41) is 10.7. The van der Waals surface area contributed by atoms with E-state index in [1.807, 2.05) is 13.8 Å². The molecule has 0 aromatic heterocycles. The molecule has 1 atom stereocenters. The van der Waals surface area contributed by atoms with Crippen LogP contribution >= 0.6 is 15.9 Å². The van der Waals surface area contributed by atoms with Gasteiger partial charge in [-0.3, -0.25) is 0 Å². The first-order valence-corrected chi connectivity index (χ1v) is 6.35. The average Bonchev–Trinajstić information content (AvgIpc) is 2.47. The molecule has 1 aliphatic rings. The van der Waals surface area contributed by atoms with Crippen LogP contribution in [0.1, 0.15) is 38.7 Å². The van der Waals surface area contributed by atoms with E-state index in [0.29, 0.717) is 16.5 Å². The van der Waals surface area contributed by atoms with Gasteiger partial charge in [0.25, 0.3) is 0 Å². The van der Waals surface area contributed by atoms with E-state index < -0.39 is 5.60 Å². The van der Waals surface area contributed by atoms with Gasteiger partial charge in [-0.1, -0.05) is 26.0 Å². The van der Waals surface area contributed by atoms with Gasteiger partial charge < -0.3 is 5.11 Å². The van der Waals surface area contributed by atoms with Crippen molar-refractivity contribution in [1.82, 2.24) is 0 Å². The fourth-order valence-corrected chi connectivity index (χ4v) is 3.02. The first-order valence-electron chi connectivity index (χ1n) is 5.55. The lowest BCUT2D eigenvalue weighted by atomic mass is 9.73. The summed E-state index contributed by atoms with van der Waals surface area (Å²) in [5.74, 6) is -0.333. The number of hydrogen-bond donors (Lipinski definition) is 1. The molecule has 1 saturated carbocycles. The Labute approximate surface area is 104 Å². The highest BCUT2D eigenvalue weighted by Gasteiger charge is 2.49. The topological polar surface area (TPSA) is 20.2 Å². The van der Waals surface area contributed by atoms with E-state index in [-0.39, 0.29) is 11.2 Å². The average molecular weight is 287 g/mol. The highest BCUT2D eigenvalue weighted by molar-refractivity contribution is 9.10. The van der Waals surface area contributed by atoms with Crippen LogP contribution in [0.4, 0.5) is 4.39 Å². The van der Waals surface area contributed by atoms with Gasteiger partial charge in [0, 0.05) is 5.56 Å². The monoisotopic (exact) mass is 286 g/mol. The van der Waals surface area contributed by atoms with Crippen molar-refractivity contribution < 1.29 is 9.50 Å². The third-order valence-electron chi connectivity index (χ3n) is 3.86. The lowest BCUT2D eigenvalue weighted by Crippen LogP contribution is -2.37. The Hall–Kier alpha value is -0.410. The van der Waals surface area contributed by atoms with Crippen molar-refractivity contribution in [3.63, 3.8) is 0 Å². The van der Waals surface area contributed by atoms with Gasteiger partial charge in [-0.25, -0.2) is 4.39 Å². The van der Waals surface area contributed by atoms with Crippen molar-refractivity contribution in [2.75, 3.05) is 0 Å². The zero-order valence-electron chi connectivity index (χ0n) is 9.56. The van der Waals surface area contributed by atoms with Crippen LogP contribution in [0.2, 0.25) is 0 Å². The number of hydrogen-bond acceptors (Lipinski definition) is 1. The minimum absolute atomic E-state index is 0.269. The van der Waals surface area contributed by atoms with Crippen LogP contribution in [-0.4, -0.2) is 5.11 Å². The molecule has 0 spiro atoms. The van der Waals surface area contributed by atoms with Crippen molar-refractivity contribution in [2.24, 2.45) is 5.41 Å². The molecule has 1 aliphatic carbocycles. The second-order valence-corrected chi connectivity index (χ2v) is 6.05. The predicted octanol–water partition coefficient (Wildman–Crippen LogP) is 3.99. The Morgan fingerprint density at radius 2 is 2.00 bits per heavy atom. The minimum Gasteiger partial charge on any atom is -0.384 e. The summed E-state index contributed by atoms with van der Waals surface area (Å²) < 4.78 is 14.5. The molecule has 0 aliphatic heterocycles. The van der Waals surface area contributed by atoms with Gasteiger partial charge in [0.15, 0.2) is 0 Å². The zero-order valence-corrected chi connectivity index (χ0v) is 11.1. The highest BCUT2D eigenvalue weighted by atomic mass is 79.9. The first kappa shape index (κ1) is 12.1. The fourth-order valence-electron chi connectivity index (χ4n) is 2.65. The van der Waals surface area contributed by atoms with Crippen LogP contribution in [0.25, 0.3) is 0 Å². The van der Waals surface area contributed by atoms with E-state index >= 15 is 0 Å². The molecule has 0 heterocycles. The third kappa shape index (κ3) is 1.61. The molecule has 1 fully saturated rings. The van der Waals surface area contributed by atoms with Crippen LogP contribution in [0.5, 0.6) is 0 Å². The SMILES string of the molecule is CC1(C)CCCC1(O)c1cccc(Br)c1F. The number of benzene rings is 1. The van der Waals surface area contributed by atoms with Crippen LogP contribution in [0.3, 0.4) is 0 Å². The van der Waals surface area contributed by atoms with E-state index in [2.05, 4.69) is 15.9 Å². The molecule has 88 valence electrons. The summed E-state index contributed by atoms with van der Waals surface area (Å²) in [6.07, 6.45) is 2.50. The summed E-state index contributed by atoms with van der Waals surface area (Å²) in [6.45, 7) is 4.00. The molecule has 1 nitrogen and oxygen atoms in total. The molecular weight excluding hydrogens is 271 g/mol. The van der Waals surface area contributed by atoms with Gasteiger partial charge in [0.05, 0.1) is 10.1 Å². The molecular formula is C13H16BrFO. The minimum atomic E-state index is -1.04. The predicted molar refractivity (Wildman–Crippen MR) is 65.6 cm³/mol. The van der Waals surface area contributed by atoms with Gasteiger partial charge in [-0.2, -0.15) is 0 Å². The lowest BCUT2D eigenvalue weighted by Gasteiger charge is -2.37. The molecule has 0 amide bonds. The molecule has 0 radical (unpaired) electrons. The van der Waals surface area contributed by atoms with Crippen LogP contribution in [0, 0.1) is 11.2 Å². The summed E-state index contributed by atoms with van der Waals surface area (Å²) in [4.78, 5) is 0. The normalized spacial score (nSPS) is 28.3. The van der Waals surface area contributed by atoms with Crippen LogP contribution < -0.4 is 0 Å². The van der Waals surface area contributed by atoms with Crippen molar-refractivity contribution in [1.29, 1.82) is 0 Å². The zero-order chi connectivity index (χ0) is 12.0. The van der Waals surface area contributed by atoms with E-state index in [4.69, 9.17) is 0 Å². The second kappa shape index (κ2) is 3.81. The van der Waals surface area contributed by atoms with Gasteiger partial charge in [0.2, 0.25) is 0 Å². The quantitative estimate of drug-likeness (QED) is 0.828. The Kier molecular flexibility index (Phi) is 2.87. The smallest absolute Gasteiger partial charge is 0.143 e. The van der Waals surface area contributed by atoms with Crippen LogP contribution in [0.15, 0.2) is 22.7 Å². The molecule has 1 N–H and O–H groups in total. The standard InChI is InChI=1S/C13H16BrFO/c1-12(2)7-4-8-13(12,16)9-5-3-6-10(14)11(9)15/h3,5-6,16H,4,7-8H2,1-2H3. The number of halogens is 2. The maximum Gasteiger partial charge on any atom is 0.143 e.